The predicted molar refractivity (Wildman–Crippen MR) is 60.8 cm³/mol. The molecule has 1 aromatic carbocycles. The summed E-state index contributed by atoms with van der Waals surface area (Å²) in [6.45, 7) is 6.26. The molecule has 1 rings (SSSR count). The third-order valence-corrected chi connectivity index (χ3v) is 2.07. The van der Waals surface area contributed by atoms with E-state index in [4.69, 9.17) is 10.00 Å². The molecule has 0 spiro atoms. The number of ether oxygens (including phenoxy) is 1. The lowest BCUT2D eigenvalue weighted by molar-refractivity contribution is 0.311. The summed E-state index contributed by atoms with van der Waals surface area (Å²) in [6, 6.07) is 7.72. The van der Waals surface area contributed by atoms with E-state index < -0.39 is 0 Å². The van der Waals surface area contributed by atoms with E-state index in [2.05, 4.69) is 12.6 Å². The van der Waals surface area contributed by atoms with Crippen LogP contribution in [0.25, 0.3) is 0 Å². The van der Waals surface area contributed by atoms with Crippen molar-refractivity contribution in [3.8, 4) is 11.8 Å². The molecule has 0 heterocycles. The van der Waals surface area contributed by atoms with E-state index in [-0.39, 0.29) is 0 Å². The average Bonchev–Trinajstić information content (AvgIpc) is 2.25. The van der Waals surface area contributed by atoms with Crippen molar-refractivity contribution in [1.29, 1.82) is 5.26 Å². The molecule has 0 aliphatic heterocycles. The number of nitrogens with zero attached hydrogens (tertiary/aromatic N) is 1. The van der Waals surface area contributed by atoms with Gasteiger partial charge in [0, 0.05) is 0 Å². The molecule has 0 amide bonds. The van der Waals surface area contributed by atoms with Gasteiger partial charge in [-0.3, -0.25) is 0 Å². The summed E-state index contributed by atoms with van der Waals surface area (Å²) in [5, 5.41) is 8.87. The monoisotopic (exact) mass is 201 g/mol. The van der Waals surface area contributed by atoms with Crippen LogP contribution in [0.5, 0.6) is 5.75 Å². The molecule has 0 radical (unpaired) electrons. The molecule has 15 heavy (non-hydrogen) atoms. The van der Waals surface area contributed by atoms with Crippen molar-refractivity contribution in [1.82, 2.24) is 0 Å². The lowest BCUT2D eigenvalue weighted by Crippen LogP contribution is -1.98. The van der Waals surface area contributed by atoms with Crippen LogP contribution >= 0.6 is 0 Å². The highest BCUT2D eigenvalue weighted by atomic mass is 16.5. The van der Waals surface area contributed by atoms with Gasteiger partial charge < -0.3 is 4.74 Å². The summed E-state index contributed by atoms with van der Waals surface area (Å²) >= 11 is 0. The maximum Gasteiger partial charge on any atom is 0.137 e. The maximum absolute atomic E-state index is 8.87. The lowest BCUT2D eigenvalue weighted by Gasteiger charge is -2.07. The van der Waals surface area contributed by atoms with Gasteiger partial charge in [-0.1, -0.05) is 12.1 Å². The first kappa shape index (κ1) is 11.3. The summed E-state index contributed by atoms with van der Waals surface area (Å²) in [5.74, 6) is 0.682. The molecule has 0 saturated carbocycles. The first-order chi connectivity index (χ1) is 7.27. The first-order valence-electron chi connectivity index (χ1n) is 5.02. The van der Waals surface area contributed by atoms with E-state index in [1.807, 2.05) is 25.1 Å². The minimum atomic E-state index is 0.596. The highest BCUT2D eigenvalue weighted by molar-refractivity contribution is 5.44. The van der Waals surface area contributed by atoms with Crippen molar-refractivity contribution >= 4 is 0 Å². The van der Waals surface area contributed by atoms with Gasteiger partial charge in [-0.2, -0.15) is 5.26 Å². The fourth-order valence-corrected chi connectivity index (χ4v) is 1.25. The highest BCUT2D eigenvalue weighted by Crippen LogP contribution is 2.19. The standard InChI is InChI=1S/C13H15NO/c1-3-4-5-8-15-13-9-11(2)6-7-12(13)10-14/h3,6-7,9H,1,4-5,8H2,2H3. The third-order valence-electron chi connectivity index (χ3n) is 2.07. The van der Waals surface area contributed by atoms with Gasteiger partial charge in [-0.15, -0.1) is 6.58 Å². The van der Waals surface area contributed by atoms with Crippen LogP contribution in [0.2, 0.25) is 0 Å². The molecule has 0 aromatic heterocycles. The molecule has 0 atom stereocenters. The molecule has 2 heteroatoms. The molecule has 0 saturated heterocycles. The molecule has 0 unspecified atom stereocenters. The maximum atomic E-state index is 8.87. The molecule has 0 N–H and O–H groups in total. The molecule has 0 aliphatic carbocycles. The van der Waals surface area contributed by atoms with Crippen LogP contribution in [0, 0.1) is 18.3 Å². The number of rotatable bonds is 5. The Balaban J connectivity index is 2.63. The average molecular weight is 201 g/mol. The van der Waals surface area contributed by atoms with Crippen LogP contribution in [0.3, 0.4) is 0 Å². The first-order valence-corrected chi connectivity index (χ1v) is 5.02. The third kappa shape index (κ3) is 3.47. The number of nitriles is 1. The van der Waals surface area contributed by atoms with Crippen molar-refractivity contribution in [2.75, 3.05) is 6.61 Å². The minimum absolute atomic E-state index is 0.596. The molecule has 78 valence electrons. The van der Waals surface area contributed by atoms with Gasteiger partial charge in [-0.05, 0) is 37.5 Å². The quantitative estimate of drug-likeness (QED) is 0.541. The van der Waals surface area contributed by atoms with E-state index >= 15 is 0 Å². The normalized spacial score (nSPS) is 9.33. The number of allylic oxidation sites excluding steroid dienone is 1. The number of hydrogen-bond acceptors (Lipinski definition) is 2. The fourth-order valence-electron chi connectivity index (χ4n) is 1.25. The Labute approximate surface area is 90.8 Å². The van der Waals surface area contributed by atoms with Gasteiger partial charge >= 0.3 is 0 Å². The number of hydrogen-bond donors (Lipinski definition) is 0. The zero-order chi connectivity index (χ0) is 11.1. The second-order valence-corrected chi connectivity index (χ2v) is 3.39. The van der Waals surface area contributed by atoms with Crippen molar-refractivity contribution in [3.63, 3.8) is 0 Å². The topological polar surface area (TPSA) is 33.0 Å². The number of unbranched alkanes of at least 4 members (excludes halogenated alkanes) is 1. The SMILES string of the molecule is C=CCCCOc1cc(C)ccc1C#N. The van der Waals surface area contributed by atoms with Crippen molar-refractivity contribution in [2.24, 2.45) is 0 Å². The minimum Gasteiger partial charge on any atom is -0.492 e. The second-order valence-electron chi connectivity index (χ2n) is 3.39. The smallest absolute Gasteiger partial charge is 0.137 e. The Morgan fingerprint density at radius 1 is 1.53 bits per heavy atom. The zero-order valence-corrected chi connectivity index (χ0v) is 8.99. The Morgan fingerprint density at radius 2 is 2.33 bits per heavy atom. The van der Waals surface area contributed by atoms with Gasteiger partial charge in [0.2, 0.25) is 0 Å². The number of aryl methyl sites for hydroxylation is 1. The van der Waals surface area contributed by atoms with Crippen LogP contribution in [-0.2, 0) is 0 Å². The summed E-state index contributed by atoms with van der Waals surface area (Å²) in [4.78, 5) is 0. The Bertz CT molecular complexity index is 377. The molecule has 1 aromatic rings. The van der Waals surface area contributed by atoms with Gasteiger partial charge in [0.15, 0.2) is 0 Å². The largest absolute Gasteiger partial charge is 0.492 e. The second kappa shape index (κ2) is 5.87. The van der Waals surface area contributed by atoms with Crippen LogP contribution in [0.4, 0.5) is 0 Å². The molecule has 0 aliphatic rings. The lowest BCUT2D eigenvalue weighted by atomic mass is 10.1. The zero-order valence-electron chi connectivity index (χ0n) is 8.99. The summed E-state index contributed by atoms with van der Waals surface area (Å²) in [6.07, 6.45) is 3.74. The van der Waals surface area contributed by atoms with E-state index in [0.29, 0.717) is 17.9 Å². The predicted octanol–water partition coefficient (Wildman–Crippen LogP) is 3.21. The molecule has 2 nitrogen and oxygen atoms in total. The van der Waals surface area contributed by atoms with Gasteiger partial charge in [0.1, 0.15) is 11.8 Å². The van der Waals surface area contributed by atoms with E-state index in [1.54, 1.807) is 6.07 Å². The number of benzene rings is 1. The van der Waals surface area contributed by atoms with E-state index in [1.165, 1.54) is 0 Å². The summed E-state index contributed by atoms with van der Waals surface area (Å²) < 4.78 is 5.54. The Kier molecular flexibility index (Phi) is 4.43. The Hall–Kier alpha value is -1.75. The fraction of sp³-hybridized carbons (Fsp3) is 0.308. The van der Waals surface area contributed by atoms with Crippen molar-refractivity contribution < 1.29 is 4.74 Å². The summed E-state index contributed by atoms with van der Waals surface area (Å²) in [7, 11) is 0. The van der Waals surface area contributed by atoms with E-state index in [9.17, 15) is 0 Å². The molecule has 0 fully saturated rings. The highest BCUT2D eigenvalue weighted by Gasteiger charge is 2.02. The van der Waals surface area contributed by atoms with Gasteiger partial charge in [0.25, 0.3) is 0 Å². The van der Waals surface area contributed by atoms with Crippen molar-refractivity contribution in [3.05, 3.63) is 42.0 Å². The van der Waals surface area contributed by atoms with Gasteiger partial charge in [-0.25, -0.2) is 0 Å². The van der Waals surface area contributed by atoms with Crippen LogP contribution in [0.1, 0.15) is 24.0 Å². The van der Waals surface area contributed by atoms with Crippen LogP contribution in [-0.4, -0.2) is 6.61 Å². The van der Waals surface area contributed by atoms with Crippen molar-refractivity contribution in [2.45, 2.75) is 19.8 Å². The Morgan fingerprint density at radius 3 is 3.00 bits per heavy atom. The van der Waals surface area contributed by atoms with Crippen LogP contribution in [0.15, 0.2) is 30.9 Å². The van der Waals surface area contributed by atoms with Gasteiger partial charge in [0.05, 0.1) is 12.2 Å². The van der Waals surface area contributed by atoms with E-state index in [0.717, 1.165) is 18.4 Å². The molecular formula is C13H15NO. The summed E-state index contributed by atoms with van der Waals surface area (Å²) in [5.41, 5.74) is 1.70. The van der Waals surface area contributed by atoms with Crippen LogP contribution < -0.4 is 4.74 Å². The molecule has 0 bridgehead atoms. The molecular weight excluding hydrogens is 186 g/mol.